The molecule has 20 heavy (non-hydrogen) atoms. The van der Waals surface area contributed by atoms with Gasteiger partial charge in [-0.1, -0.05) is 12.1 Å². The molecule has 0 saturated carbocycles. The topological polar surface area (TPSA) is 86.7 Å². The summed E-state index contributed by atoms with van der Waals surface area (Å²) in [5.41, 5.74) is 0.651. The average Bonchev–Trinajstić information content (AvgIpc) is 2.64. The second-order valence-electron chi connectivity index (χ2n) is 4.79. The quantitative estimate of drug-likeness (QED) is 0.837. The van der Waals surface area contributed by atoms with E-state index in [-0.39, 0.29) is 17.3 Å². The molecule has 1 atom stereocenters. The van der Waals surface area contributed by atoms with Crippen LogP contribution >= 0.6 is 0 Å². The summed E-state index contributed by atoms with van der Waals surface area (Å²) in [4.78, 5) is 11.6. The first-order valence-corrected chi connectivity index (χ1v) is 7.90. The lowest BCUT2D eigenvalue weighted by Gasteiger charge is -2.19. The molecule has 110 valence electrons. The number of hydrogen-bond donors (Lipinski definition) is 2. The van der Waals surface area contributed by atoms with E-state index in [1.807, 2.05) is 0 Å². The highest BCUT2D eigenvalue weighted by Gasteiger charge is 2.27. The van der Waals surface area contributed by atoms with Crippen LogP contribution in [0.15, 0.2) is 29.2 Å². The second-order valence-corrected chi connectivity index (χ2v) is 6.73. The normalized spacial score (nSPS) is 19.2. The van der Waals surface area contributed by atoms with Crippen molar-refractivity contribution in [3.05, 3.63) is 29.8 Å². The van der Waals surface area contributed by atoms with Gasteiger partial charge in [-0.05, 0) is 31.0 Å². The number of carbonyl (C=O) groups excluding carboxylic acids is 1. The van der Waals surface area contributed by atoms with Crippen LogP contribution in [0.25, 0.3) is 0 Å². The highest BCUT2D eigenvalue weighted by Crippen LogP contribution is 2.19. The van der Waals surface area contributed by atoms with E-state index < -0.39 is 16.1 Å². The number of hydrogen-bond acceptors (Lipinski definition) is 4. The number of nitrogens with zero attached hydrogens (tertiary/aromatic N) is 1. The van der Waals surface area contributed by atoms with E-state index in [1.54, 1.807) is 19.1 Å². The minimum absolute atomic E-state index is 0.136. The summed E-state index contributed by atoms with van der Waals surface area (Å²) < 4.78 is 26.1. The fourth-order valence-electron chi connectivity index (χ4n) is 2.05. The van der Waals surface area contributed by atoms with Crippen molar-refractivity contribution in [2.24, 2.45) is 0 Å². The minimum atomic E-state index is -3.67. The van der Waals surface area contributed by atoms with Crippen LogP contribution in [0.4, 0.5) is 0 Å². The third kappa shape index (κ3) is 3.17. The minimum Gasteiger partial charge on any atom is -0.389 e. The van der Waals surface area contributed by atoms with E-state index in [9.17, 15) is 18.3 Å². The van der Waals surface area contributed by atoms with Crippen molar-refractivity contribution in [2.45, 2.75) is 24.3 Å². The zero-order valence-electron chi connectivity index (χ0n) is 11.2. The van der Waals surface area contributed by atoms with Crippen molar-refractivity contribution < 1.29 is 18.3 Å². The molecule has 1 aromatic carbocycles. The number of aliphatic hydroxyl groups excluding tert-OH is 1. The molecule has 2 rings (SSSR count). The molecular formula is C13H18N2O4S. The summed E-state index contributed by atoms with van der Waals surface area (Å²) in [6.07, 6.45) is -0.0489. The van der Waals surface area contributed by atoms with Crippen molar-refractivity contribution in [3.63, 3.8) is 0 Å². The Kier molecular flexibility index (Phi) is 4.42. The predicted molar refractivity (Wildman–Crippen MR) is 73.5 cm³/mol. The van der Waals surface area contributed by atoms with E-state index >= 15 is 0 Å². The molecule has 7 heteroatoms. The van der Waals surface area contributed by atoms with Gasteiger partial charge in [-0.15, -0.1) is 0 Å². The largest absolute Gasteiger partial charge is 0.389 e. The number of nitrogens with one attached hydrogen (secondary N) is 1. The van der Waals surface area contributed by atoms with Crippen LogP contribution in [0.1, 0.15) is 25.0 Å². The van der Waals surface area contributed by atoms with Gasteiger partial charge in [0.2, 0.25) is 15.9 Å². The monoisotopic (exact) mass is 298 g/mol. The van der Waals surface area contributed by atoms with E-state index in [4.69, 9.17) is 0 Å². The Balaban J connectivity index is 2.26. The number of benzene rings is 1. The molecule has 1 aromatic rings. The van der Waals surface area contributed by atoms with Gasteiger partial charge in [0.15, 0.2) is 0 Å². The molecule has 1 aliphatic rings. The summed E-state index contributed by atoms with van der Waals surface area (Å²) in [6.45, 7) is 2.27. The average molecular weight is 298 g/mol. The molecule has 0 spiro atoms. The summed E-state index contributed by atoms with van der Waals surface area (Å²) in [7, 11) is -3.67. The molecule has 2 N–H and O–H groups in total. The maximum Gasteiger partial charge on any atom is 0.243 e. The molecule has 6 nitrogen and oxygen atoms in total. The first-order valence-electron chi connectivity index (χ1n) is 6.46. The molecule has 0 radical (unpaired) electrons. The molecule has 1 fully saturated rings. The van der Waals surface area contributed by atoms with E-state index in [1.165, 1.54) is 16.4 Å². The van der Waals surface area contributed by atoms with Crippen molar-refractivity contribution >= 4 is 15.9 Å². The van der Waals surface area contributed by atoms with Crippen LogP contribution < -0.4 is 5.32 Å². The van der Waals surface area contributed by atoms with E-state index in [2.05, 4.69) is 5.32 Å². The van der Waals surface area contributed by atoms with Gasteiger partial charge in [0.05, 0.1) is 17.5 Å². The first-order chi connectivity index (χ1) is 9.41. The lowest BCUT2D eigenvalue weighted by Crippen LogP contribution is -2.37. The van der Waals surface area contributed by atoms with Gasteiger partial charge in [0.25, 0.3) is 0 Å². The van der Waals surface area contributed by atoms with Gasteiger partial charge < -0.3 is 10.4 Å². The van der Waals surface area contributed by atoms with Crippen molar-refractivity contribution in [1.82, 2.24) is 9.62 Å². The molecule has 0 aromatic heterocycles. The van der Waals surface area contributed by atoms with Crippen LogP contribution in [-0.4, -0.2) is 43.4 Å². The Morgan fingerprint density at radius 2 is 1.95 bits per heavy atom. The fourth-order valence-corrected chi connectivity index (χ4v) is 3.49. The van der Waals surface area contributed by atoms with Gasteiger partial charge in [-0.25, -0.2) is 8.42 Å². The van der Waals surface area contributed by atoms with Gasteiger partial charge in [-0.3, -0.25) is 4.79 Å². The second kappa shape index (κ2) is 5.90. The highest BCUT2D eigenvalue weighted by atomic mass is 32.2. The third-order valence-electron chi connectivity index (χ3n) is 3.23. The molecule has 1 saturated heterocycles. The first kappa shape index (κ1) is 15.0. The van der Waals surface area contributed by atoms with Crippen molar-refractivity contribution in [3.8, 4) is 0 Å². The molecule has 1 amide bonds. The molecular weight excluding hydrogens is 280 g/mol. The van der Waals surface area contributed by atoms with E-state index in [0.717, 1.165) is 0 Å². The molecule has 1 aliphatic heterocycles. The Morgan fingerprint density at radius 3 is 2.55 bits per heavy atom. The summed E-state index contributed by atoms with van der Waals surface area (Å²) >= 11 is 0. The summed E-state index contributed by atoms with van der Waals surface area (Å²) in [6, 6.07) is 6.07. The maximum absolute atomic E-state index is 12.5. The van der Waals surface area contributed by atoms with Gasteiger partial charge in [0.1, 0.15) is 0 Å². The zero-order valence-corrected chi connectivity index (χ0v) is 12.1. The number of amides is 1. The van der Waals surface area contributed by atoms with Gasteiger partial charge in [-0.2, -0.15) is 4.31 Å². The standard InChI is InChI=1S/C13H18N2O4S/c1-10(16)11-3-5-12(6-4-11)20(18,19)15-8-2-7-14-13(17)9-15/h3-6,10,16H,2,7-9H2,1H3,(H,14,17). The summed E-state index contributed by atoms with van der Waals surface area (Å²) in [5.74, 6) is -0.285. The van der Waals surface area contributed by atoms with Crippen molar-refractivity contribution in [2.75, 3.05) is 19.6 Å². The fraction of sp³-hybridized carbons (Fsp3) is 0.462. The number of carbonyl (C=O) groups is 1. The van der Waals surface area contributed by atoms with E-state index in [0.29, 0.717) is 25.1 Å². The van der Waals surface area contributed by atoms with Crippen LogP contribution in [-0.2, 0) is 14.8 Å². The van der Waals surface area contributed by atoms with Crippen molar-refractivity contribution in [1.29, 1.82) is 0 Å². The number of aliphatic hydroxyl groups is 1. The molecule has 1 unspecified atom stereocenters. The Labute approximate surface area is 118 Å². The zero-order chi connectivity index (χ0) is 14.8. The van der Waals surface area contributed by atoms with Crippen LogP contribution in [0, 0.1) is 0 Å². The SMILES string of the molecule is CC(O)c1ccc(S(=O)(=O)N2CCCNC(=O)C2)cc1. The van der Waals surface area contributed by atoms with Gasteiger partial charge >= 0.3 is 0 Å². The summed E-state index contributed by atoms with van der Waals surface area (Å²) in [5, 5.41) is 12.1. The van der Waals surface area contributed by atoms with Crippen LogP contribution in [0.3, 0.4) is 0 Å². The predicted octanol–water partition coefficient (Wildman–Crippen LogP) is 0.250. The lowest BCUT2D eigenvalue weighted by atomic mass is 10.1. The lowest BCUT2D eigenvalue weighted by molar-refractivity contribution is -0.120. The third-order valence-corrected chi connectivity index (χ3v) is 5.09. The smallest absolute Gasteiger partial charge is 0.243 e. The number of sulfonamides is 1. The van der Waals surface area contributed by atoms with Crippen LogP contribution in [0.2, 0.25) is 0 Å². The number of rotatable bonds is 3. The maximum atomic E-state index is 12.5. The van der Waals surface area contributed by atoms with Crippen LogP contribution in [0.5, 0.6) is 0 Å². The Hall–Kier alpha value is -1.44. The molecule has 1 heterocycles. The molecule has 0 bridgehead atoms. The molecule has 0 aliphatic carbocycles. The Bertz CT molecular complexity index is 581. The van der Waals surface area contributed by atoms with Gasteiger partial charge in [0, 0.05) is 13.1 Å². The highest BCUT2D eigenvalue weighted by molar-refractivity contribution is 7.89. The Morgan fingerprint density at radius 1 is 1.30 bits per heavy atom.